The standard InChI is InChI=1S/C19H24O4/c1-4-22-17(20)19(18(21)23-5-2)12-14(3)16(13-19)11-15-9-7-6-8-10-15/h6-10H,4-5,11-13H2,1-3H3. The summed E-state index contributed by atoms with van der Waals surface area (Å²) in [5, 5.41) is 0. The van der Waals surface area contributed by atoms with Crippen molar-refractivity contribution in [2.75, 3.05) is 13.2 Å². The summed E-state index contributed by atoms with van der Waals surface area (Å²) in [4.78, 5) is 25.0. The molecule has 2 rings (SSSR count). The molecule has 0 heterocycles. The molecule has 1 aromatic carbocycles. The average molecular weight is 316 g/mol. The van der Waals surface area contributed by atoms with Gasteiger partial charge < -0.3 is 9.47 Å². The molecular weight excluding hydrogens is 292 g/mol. The summed E-state index contributed by atoms with van der Waals surface area (Å²) in [5.41, 5.74) is 2.16. The van der Waals surface area contributed by atoms with E-state index in [0.717, 1.165) is 17.6 Å². The van der Waals surface area contributed by atoms with E-state index in [9.17, 15) is 9.59 Å². The van der Waals surface area contributed by atoms with Gasteiger partial charge in [0.1, 0.15) is 0 Å². The van der Waals surface area contributed by atoms with E-state index in [2.05, 4.69) is 12.1 Å². The third kappa shape index (κ3) is 3.63. The molecule has 0 N–H and O–H groups in total. The first-order valence-electron chi connectivity index (χ1n) is 8.09. The smallest absolute Gasteiger partial charge is 0.324 e. The number of allylic oxidation sites excluding steroid dienone is 2. The molecule has 4 heteroatoms. The summed E-state index contributed by atoms with van der Waals surface area (Å²) in [5.74, 6) is -0.943. The molecule has 0 spiro atoms. The minimum atomic E-state index is -1.21. The van der Waals surface area contributed by atoms with Crippen molar-refractivity contribution in [1.29, 1.82) is 0 Å². The number of carbonyl (C=O) groups is 2. The number of hydrogen-bond acceptors (Lipinski definition) is 4. The molecule has 0 aromatic heterocycles. The lowest BCUT2D eigenvalue weighted by Gasteiger charge is -2.25. The van der Waals surface area contributed by atoms with Crippen molar-refractivity contribution in [2.24, 2.45) is 5.41 Å². The highest BCUT2D eigenvalue weighted by atomic mass is 16.6. The zero-order valence-electron chi connectivity index (χ0n) is 14.1. The normalized spacial score (nSPS) is 16.3. The van der Waals surface area contributed by atoms with Crippen molar-refractivity contribution in [2.45, 2.75) is 40.0 Å². The van der Waals surface area contributed by atoms with Crippen LogP contribution in [0.2, 0.25) is 0 Å². The predicted molar refractivity (Wildman–Crippen MR) is 87.8 cm³/mol. The van der Waals surface area contributed by atoms with Crippen LogP contribution < -0.4 is 0 Å². The van der Waals surface area contributed by atoms with E-state index in [-0.39, 0.29) is 13.2 Å². The van der Waals surface area contributed by atoms with Crippen molar-refractivity contribution in [3.8, 4) is 0 Å². The van der Waals surface area contributed by atoms with Crippen molar-refractivity contribution < 1.29 is 19.1 Å². The summed E-state index contributed by atoms with van der Waals surface area (Å²) in [7, 11) is 0. The Kier molecular flexibility index (Phi) is 5.59. The maximum absolute atomic E-state index is 12.5. The fourth-order valence-corrected chi connectivity index (χ4v) is 3.12. The van der Waals surface area contributed by atoms with Crippen LogP contribution in [0.15, 0.2) is 41.5 Å². The topological polar surface area (TPSA) is 52.6 Å². The summed E-state index contributed by atoms with van der Waals surface area (Å²) in [6.07, 6.45) is 1.51. The van der Waals surface area contributed by atoms with Crippen molar-refractivity contribution in [3.63, 3.8) is 0 Å². The van der Waals surface area contributed by atoms with Gasteiger partial charge in [0.2, 0.25) is 0 Å². The Hall–Kier alpha value is -2.10. The summed E-state index contributed by atoms with van der Waals surface area (Å²) in [6, 6.07) is 10.1. The first-order valence-corrected chi connectivity index (χ1v) is 8.09. The molecule has 0 amide bonds. The van der Waals surface area contributed by atoms with Gasteiger partial charge in [0.15, 0.2) is 5.41 Å². The molecule has 1 aliphatic rings. The van der Waals surface area contributed by atoms with Gasteiger partial charge in [-0.3, -0.25) is 9.59 Å². The molecule has 0 unspecified atom stereocenters. The van der Waals surface area contributed by atoms with Crippen LogP contribution in [0, 0.1) is 5.41 Å². The van der Waals surface area contributed by atoms with Crippen LogP contribution in [-0.4, -0.2) is 25.2 Å². The van der Waals surface area contributed by atoms with E-state index in [1.807, 2.05) is 25.1 Å². The Morgan fingerprint density at radius 1 is 1.00 bits per heavy atom. The van der Waals surface area contributed by atoms with Gasteiger partial charge >= 0.3 is 11.9 Å². The molecule has 0 fully saturated rings. The first kappa shape index (κ1) is 17.3. The molecule has 124 valence electrons. The minimum absolute atomic E-state index is 0.257. The SMILES string of the molecule is CCOC(=O)C1(C(=O)OCC)CC(C)=C(Cc2ccccc2)C1. The van der Waals surface area contributed by atoms with Gasteiger partial charge in [-0.25, -0.2) is 0 Å². The highest BCUT2D eigenvalue weighted by Gasteiger charge is 2.52. The second-order valence-corrected chi connectivity index (χ2v) is 5.92. The van der Waals surface area contributed by atoms with Crippen molar-refractivity contribution >= 4 is 11.9 Å². The minimum Gasteiger partial charge on any atom is -0.465 e. The zero-order chi connectivity index (χ0) is 16.9. The number of rotatable bonds is 6. The Labute approximate surface area is 137 Å². The molecule has 0 saturated heterocycles. The molecule has 1 aliphatic carbocycles. The molecule has 0 radical (unpaired) electrons. The molecule has 0 bridgehead atoms. The number of ether oxygens (including phenoxy) is 2. The lowest BCUT2D eigenvalue weighted by molar-refractivity contribution is -0.171. The third-order valence-corrected chi connectivity index (χ3v) is 4.28. The van der Waals surface area contributed by atoms with Crippen LogP contribution in [-0.2, 0) is 25.5 Å². The van der Waals surface area contributed by atoms with Gasteiger partial charge in [-0.15, -0.1) is 0 Å². The Balaban J connectivity index is 2.24. The van der Waals surface area contributed by atoms with E-state index >= 15 is 0 Å². The second kappa shape index (κ2) is 7.44. The zero-order valence-corrected chi connectivity index (χ0v) is 14.1. The molecule has 0 aliphatic heterocycles. The molecule has 1 aromatic rings. The van der Waals surface area contributed by atoms with Gasteiger partial charge in [-0.05, 0) is 45.6 Å². The van der Waals surface area contributed by atoms with E-state index in [4.69, 9.17) is 9.47 Å². The quantitative estimate of drug-likeness (QED) is 0.458. The average Bonchev–Trinajstić information content (AvgIpc) is 2.87. The number of benzene rings is 1. The largest absolute Gasteiger partial charge is 0.465 e. The lowest BCUT2D eigenvalue weighted by atomic mass is 9.83. The summed E-state index contributed by atoms with van der Waals surface area (Å²) >= 11 is 0. The van der Waals surface area contributed by atoms with Crippen molar-refractivity contribution in [3.05, 3.63) is 47.0 Å². The number of carbonyl (C=O) groups excluding carboxylic acids is 2. The Morgan fingerprint density at radius 3 is 2.09 bits per heavy atom. The van der Waals surface area contributed by atoms with Crippen LogP contribution in [0.1, 0.15) is 39.2 Å². The van der Waals surface area contributed by atoms with Gasteiger partial charge in [0.05, 0.1) is 13.2 Å². The number of esters is 2. The van der Waals surface area contributed by atoms with Crippen LogP contribution in [0.5, 0.6) is 0 Å². The van der Waals surface area contributed by atoms with Gasteiger partial charge in [-0.1, -0.05) is 41.5 Å². The van der Waals surface area contributed by atoms with Gasteiger partial charge in [0, 0.05) is 0 Å². The predicted octanol–water partition coefficient (Wildman–Crippen LogP) is 3.45. The summed E-state index contributed by atoms with van der Waals surface area (Å²) in [6.45, 7) is 5.99. The van der Waals surface area contributed by atoms with E-state index < -0.39 is 17.4 Å². The van der Waals surface area contributed by atoms with Gasteiger partial charge in [-0.2, -0.15) is 0 Å². The fraction of sp³-hybridized carbons (Fsp3) is 0.474. The second-order valence-electron chi connectivity index (χ2n) is 5.92. The number of hydrogen-bond donors (Lipinski definition) is 0. The van der Waals surface area contributed by atoms with Crippen molar-refractivity contribution in [1.82, 2.24) is 0 Å². The Bertz CT molecular complexity index is 583. The highest BCUT2D eigenvalue weighted by Crippen LogP contribution is 2.45. The maximum Gasteiger partial charge on any atom is 0.324 e. The third-order valence-electron chi connectivity index (χ3n) is 4.28. The molecule has 0 atom stereocenters. The van der Waals surface area contributed by atoms with Crippen LogP contribution in [0.3, 0.4) is 0 Å². The van der Waals surface area contributed by atoms with Crippen LogP contribution in [0.4, 0.5) is 0 Å². The van der Waals surface area contributed by atoms with E-state index in [1.54, 1.807) is 13.8 Å². The van der Waals surface area contributed by atoms with E-state index in [0.29, 0.717) is 12.8 Å². The van der Waals surface area contributed by atoms with Crippen LogP contribution in [0.25, 0.3) is 0 Å². The molecule has 4 nitrogen and oxygen atoms in total. The monoisotopic (exact) mass is 316 g/mol. The molecule has 0 saturated carbocycles. The fourth-order valence-electron chi connectivity index (χ4n) is 3.12. The van der Waals surface area contributed by atoms with Crippen LogP contribution >= 0.6 is 0 Å². The highest BCUT2D eigenvalue weighted by molar-refractivity contribution is 6.01. The molecule has 23 heavy (non-hydrogen) atoms. The maximum atomic E-state index is 12.5. The first-order chi connectivity index (χ1) is 11.0. The summed E-state index contributed by atoms with van der Waals surface area (Å²) < 4.78 is 10.4. The molecular formula is C19H24O4. The van der Waals surface area contributed by atoms with Gasteiger partial charge in [0.25, 0.3) is 0 Å². The Morgan fingerprint density at radius 2 is 1.57 bits per heavy atom. The van der Waals surface area contributed by atoms with E-state index in [1.165, 1.54) is 5.56 Å². The lowest BCUT2D eigenvalue weighted by Crippen LogP contribution is -2.40.